The highest BCUT2D eigenvalue weighted by Gasteiger charge is 2.46. The SMILES string of the molecule is CCC(CC)(C(=O)OCc1ccccn1)C(=O)OCc1ccccn1. The Kier molecular flexibility index (Phi) is 6.62. The van der Waals surface area contributed by atoms with Crippen molar-refractivity contribution in [2.75, 3.05) is 0 Å². The summed E-state index contributed by atoms with van der Waals surface area (Å²) in [5.74, 6) is -1.18. The fourth-order valence-corrected chi connectivity index (χ4v) is 2.43. The van der Waals surface area contributed by atoms with E-state index >= 15 is 0 Å². The van der Waals surface area contributed by atoms with Crippen molar-refractivity contribution in [1.29, 1.82) is 0 Å². The van der Waals surface area contributed by atoms with Crippen LogP contribution >= 0.6 is 0 Å². The Morgan fingerprint density at radius 1 is 0.840 bits per heavy atom. The molecule has 0 aliphatic heterocycles. The third-order valence-corrected chi connectivity index (χ3v) is 4.14. The van der Waals surface area contributed by atoms with E-state index in [9.17, 15) is 9.59 Å². The molecule has 132 valence electrons. The Bertz CT molecular complexity index is 628. The molecule has 25 heavy (non-hydrogen) atoms. The molecule has 0 aliphatic carbocycles. The second-order valence-electron chi connectivity index (χ2n) is 5.58. The van der Waals surface area contributed by atoms with Crippen molar-refractivity contribution >= 4 is 11.9 Å². The maximum absolute atomic E-state index is 12.6. The van der Waals surface area contributed by atoms with Gasteiger partial charge in [-0.3, -0.25) is 19.6 Å². The summed E-state index contributed by atoms with van der Waals surface area (Å²) in [5.41, 5.74) is -0.0681. The molecule has 2 aromatic heterocycles. The molecule has 0 saturated carbocycles. The zero-order valence-electron chi connectivity index (χ0n) is 14.5. The maximum Gasteiger partial charge on any atom is 0.323 e. The standard InChI is InChI=1S/C19H22N2O4/c1-3-19(4-2,17(22)24-13-15-9-5-7-11-20-15)18(23)25-14-16-10-6-8-12-21-16/h5-12H,3-4,13-14H2,1-2H3. The number of pyridine rings is 2. The third-order valence-electron chi connectivity index (χ3n) is 4.14. The molecule has 2 heterocycles. The van der Waals surface area contributed by atoms with Gasteiger partial charge in [0, 0.05) is 12.4 Å². The maximum atomic E-state index is 12.6. The summed E-state index contributed by atoms with van der Waals surface area (Å²) < 4.78 is 10.7. The first-order chi connectivity index (χ1) is 12.1. The lowest BCUT2D eigenvalue weighted by Crippen LogP contribution is -2.41. The number of hydrogen-bond donors (Lipinski definition) is 0. The molecule has 0 amide bonds. The lowest BCUT2D eigenvalue weighted by molar-refractivity contribution is -0.175. The minimum absolute atomic E-state index is 0.0228. The molecule has 0 atom stereocenters. The second-order valence-corrected chi connectivity index (χ2v) is 5.58. The number of aromatic nitrogens is 2. The van der Waals surface area contributed by atoms with E-state index in [4.69, 9.17) is 9.47 Å². The lowest BCUT2D eigenvalue weighted by atomic mass is 9.82. The van der Waals surface area contributed by atoms with Crippen LogP contribution in [0.2, 0.25) is 0 Å². The number of nitrogens with zero attached hydrogens (tertiary/aromatic N) is 2. The zero-order valence-corrected chi connectivity index (χ0v) is 14.5. The van der Waals surface area contributed by atoms with Gasteiger partial charge in [-0.2, -0.15) is 0 Å². The van der Waals surface area contributed by atoms with Gasteiger partial charge in [-0.25, -0.2) is 0 Å². The number of esters is 2. The van der Waals surface area contributed by atoms with Crippen molar-refractivity contribution < 1.29 is 19.1 Å². The van der Waals surface area contributed by atoms with Gasteiger partial charge in [0.2, 0.25) is 0 Å². The molecule has 0 aromatic carbocycles. The van der Waals surface area contributed by atoms with Crippen molar-refractivity contribution in [1.82, 2.24) is 9.97 Å². The largest absolute Gasteiger partial charge is 0.458 e. The van der Waals surface area contributed by atoms with E-state index in [1.54, 1.807) is 50.5 Å². The number of carbonyl (C=O) groups excluding carboxylic acids is 2. The first-order valence-corrected chi connectivity index (χ1v) is 8.26. The van der Waals surface area contributed by atoms with Crippen molar-refractivity contribution in [3.8, 4) is 0 Å². The summed E-state index contributed by atoms with van der Waals surface area (Å²) in [6, 6.07) is 10.7. The molecule has 0 radical (unpaired) electrons. The van der Waals surface area contributed by atoms with Crippen LogP contribution in [0.15, 0.2) is 48.8 Å². The van der Waals surface area contributed by atoms with Gasteiger partial charge < -0.3 is 9.47 Å². The molecular weight excluding hydrogens is 320 g/mol. The molecule has 2 rings (SSSR count). The molecule has 0 fully saturated rings. The second kappa shape index (κ2) is 8.92. The van der Waals surface area contributed by atoms with Crippen molar-refractivity contribution in [2.45, 2.75) is 39.9 Å². The minimum atomic E-state index is -1.32. The summed E-state index contributed by atoms with van der Waals surface area (Å²) in [7, 11) is 0. The van der Waals surface area contributed by atoms with Gasteiger partial charge in [0.25, 0.3) is 0 Å². The third kappa shape index (κ3) is 4.62. The normalized spacial score (nSPS) is 11.0. The zero-order chi connectivity index (χ0) is 18.1. The van der Waals surface area contributed by atoms with E-state index in [-0.39, 0.29) is 13.2 Å². The van der Waals surface area contributed by atoms with Crippen LogP contribution in [0, 0.1) is 5.41 Å². The van der Waals surface area contributed by atoms with Gasteiger partial charge in [0.05, 0.1) is 11.4 Å². The summed E-state index contributed by atoms with van der Waals surface area (Å²) in [6.07, 6.45) is 3.84. The molecule has 0 N–H and O–H groups in total. The van der Waals surface area contributed by atoms with Crippen molar-refractivity contribution in [3.63, 3.8) is 0 Å². The quantitative estimate of drug-likeness (QED) is 0.542. The smallest absolute Gasteiger partial charge is 0.323 e. The molecule has 0 aliphatic rings. The Hall–Kier alpha value is -2.76. The topological polar surface area (TPSA) is 78.4 Å². The van der Waals surface area contributed by atoms with Crippen LogP contribution in [0.3, 0.4) is 0 Å². The highest BCUT2D eigenvalue weighted by atomic mass is 16.6. The Labute approximate surface area is 147 Å². The summed E-state index contributed by atoms with van der Waals surface area (Å²) in [6.45, 7) is 3.59. The Morgan fingerprint density at radius 2 is 1.28 bits per heavy atom. The number of carbonyl (C=O) groups is 2. The summed E-state index contributed by atoms with van der Waals surface area (Å²) in [4.78, 5) is 33.4. The number of ether oxygens (including phenoxy) is 2. The Balaban J connectivity index is 2.02. The molecule has 0 unspecified atom stereocenters. The molecule has 0 bridgehead atoms. The van der Waals surface area contributed by atoms with Gasteiger partial charge >= 0.3 is 11.9 Å². The van der Waals surface area contributed by atoms with Crippen molar-refractivity contribution in [2.24, 2.45) is 5.41 Å². The van der Waals surface area contributed by atoms with Crippen LogP contribution in [0.4, 0.5) is 0 Å². The van der Waals surface area contributed by atoms with Gasteiger partial charge in [-0.15, -0.1) is 0 Å². The van der Waals surface area contributed by atoms with Crippen LogP contribution < -0.4 is 0 Å². The van der Waals surface area contributed by atoms with Gasteiger partial charge in [0.1, 0.15) is 13.2 Å². The van der Waals surface area contributed by atoms with Gasteiger partial charge in [-0.1, -0.05) is 26.0 Å². The lowest BCUT2D eigenvalue weighted by Gasteiger charge is -2.26. The fraction of sp³-hybridized carbons (Fsp3) is 0.368. The minimum Gasteiger partial charge on any atom is -0.458 e. The average Bonchev–Trinajstić information content (AvgIpc) is 2.67. The predicted octanol–water partition coefficient (Wildman–Crippen LogP) is 3.07. The molecule has 6 nitrogen and oxygen atoms in total. The number of hydrogen-bond acceptors (Lipinski definition) is 6. The molecule has 0 saturated heterocycles. The van der Waals surface area contributed by atoms with E-state index < -0.39 is 17.4 Å². The van der Waals surface area contributed by atoms with Crippen LogP contribution in [-0.2, 0) is 32.3 Å². The summed E-state index contributed by atoms with van der Waals surface area (Å²) in [5, 5.41) is 0. The van der Waals surface area contributed by atoms with E-state index in [1.165, 1.54) is 0 Å². The van der Waals surface area contributed by atoms with E-state index in [0.29, 0.717) is 24.2 Å². The fourth-order valence-electron chi connectivity index (χ4n) is 2.43. The summed E-state index contributed by atoms with van der Waals surface area (Å²) >= 11 is 0. The molecule has 2 aromatic rings. The monoisotopic (exact) mass is 342 g/mol. The van der Waals surface area contributed by atoms with E-state index in [1.807, 2.05) is 12.1 Å². The van der Waals surface area contributed by atoms with Crippen LogP contribution in [0.1, 0.15) is 38.1 Å². The molecule has 6 heteroatoms. The number of rotatable bonds is 8. The first kappa shape index (κ1) is 18.6. The van der Waals surface area contributed by atoms with Gasteiger partial charge in [0.15, 0.2) is 5.41 Å². The highest BCUT2D eigenvalue weighted by molar-refractivity contribution is 5.99. The van der Waals surface area contributed by atoms with E-state index in [0.717, 1.165) is 0 Å². The van der Waals surface area contributed by atoms with Crippen LogP contribution in [0.25, 0.3) is 0 Å². The van der Waals surface area contributed by atoms with Crippen LogP contribution in [0.5, 0.6) is 0 Å². The predicted molar refractivity (Wildman–Crippen MR) is 91.1 cm³/mol. The Morgan fingerprint density at radius 3 is 1.60 bits per heavy atom. The van der Waals surface area contributed by atoms with E-state index in [2.05, 4.69) is 9.97 Å². The first-order valence-electron chi connectivity index (χ1n) is 8.26. The van der Waals surface area contributed by atoms with Crippen molar-refractivity contribution in [3.05, 3.63) is 60.2 Å². The van der Waals surface area contributed by atoms with Gasteiger partial charge in [-0.05, 0) is 37.1 Å². The molecular formula is C19H22N2O4. The average molecular weight is 342 g/mol. The molecule has 0 spiro atoms. The highest BCUT2D eigenvalue weighted by Crippen LogP contribution is 2.30. The van der Waals surface area contributed by atoms with Crippen LogP contribution in [-0.4, -0.2) is 21.9 Å².